The van der Waals surface area contributed by atoms with Gasteiger partial charge in [0, 0.05) is 5.56 Å². The number of nitrogens with two attached hydrogens (primary N) is 1. The van der Waals surface area contributed by atoms with Gasteiger partial charge in [0.25, 0.3) is 5.91 Å². The van der Waals surface area contributed by atoms with Crippen LogP contribution in [0.25, 0.3) is 22.4 Å². The minimum atomic E-state index is -0.514. The van der Waals surface area contributed by atoms with Gasteiger partial charge in [-0.15, -0.1) is 0 Å². The van der Waals surface area contributed by atoms with Crippen LogP contribution < -0.4 is 5.73 Å². The van der Waals surface area contributed by atoms with Gasteiger partial charge in [0.2, 0.25) is 0 Å². The van der Waals surface area contributed by atoms with Crippen molar-refractivity contribution in [1.29, 1.82) is 5.26 Å². The van der Waals surface area contributed by atoms with E-state index in [2.05, 4.69) is 16.0 Å². The van der Waals surface area contributed by atoms with Gasteiger partial charge < -0.3 is 10.7 Å². The number of fused-ring (bicyclic) bond motifs is 1. The standard InChI is InChI=1S/C15H10N4O/c16-8-9-4-1-2-5-10(9)15-18-12-7-3-6-11(14(17)20)13(12)19-15/h1-7H,(H2,17,20)(H,18,19). The zero-order valence-corrected chi connectivity index (χ0v) is 10.4. The topological polar surface area (TPSA) is 95.6 Å². The molecule has 0 bridgehead atoms. The lowest BCUT2D eigenvalue weighted by Gasteiger charge is -1.98. The summed E-state index contributed by atoms with van der Waals surface area (Å²) >= 11 is 0. The molecule has 1 aromatic heterocycles. The zero-order chi connectivity index (χ0) is 14.1. The number of aromatic amines is 1. The van der Waals surface area contributed by atoms with Crippen molar-refractivity contribution in [1.82, 2.24) is 9.97 Å². The smallest absolute Gasteiger partial charge is 0.250 e. The first kappa shape index (κ1) is 11.9. The second-order valence-corrected chi connectivity index (χ2v) is 4.31. The zero-order valence-electron chi connectivity index (χ0n) is 10.4. The van der Waals surface area contributed by atoms with Crippen molar-refractivity contribution in [3.8, 4) is 17.5 Å². The fourth-order valence-electron chi connectivity index (χ4n) is 2.15. The van der Waals surface area contributed by atoms with Crippen molar-refractivity contribution < 1.29 is 4.79 Å². The highest BCUT2D eigenvalue weighted by Gasteiger charge is 2.13. The van der Waals surface area contributed by atoms with Gasteiger partial charge in [-0.3, -0.25) is 4.79 Å². The number of H-pyrrole nitrogens is 1. The molecule has 0 radical (unpaired) electrons. The summed E-state index contributed by atoms with van der Waals surface area (Å²) in [5.41, 5.74) is 8.17. The number of nitriles is 1. The van der Waals surface area contributed by atoms with Gasteiger partial charge in [0.05, 0.1) is 28.2 Å². The van der Waals surface area contributed by atoms with Gasteiger partial charge in [-0.05, 0) is 24.3 Å². The van der Waals surface area contributed by atoms with Crippen LogP contribution in [0, 0.1) is 11.3 Å². The monoisotopic (exact) mass is 262 g/mol. The summed E-state index contributed by atoms with van der Waals surface area (Å²) in [6, 6.07) is 14.4. The second-order valence-electron chi connectivity index (χ2n) is 4.31. The van der Waals surface area contributed by atoms with E-state index in [0.717, 1.165) is 0 Å². The van der Waals surface area contributed by atoms with Crippen LogP contribution in [0.4, 0.5) is 0 Å². The van der Waals surface area contributed by atoms with E-state index in [1.807, 2.05) is 6.07 Å². The van der Waals surface area contributed by atoms with Crippen LogP contribution in [-0.2, 0) is 0 Å². The number of benzene rings is 2. The molecule has 0 atom stereocenters. The van der Waals surface area contributed by atoms with Gasteiger partial charge >= 0.3 is 0 Å². The Kier molecular flexibility index (Phi) is 2.70. The molecule has 2 aromatic carbocycles. The average Bonchev–Trinajstić information content (AvgIpc) is 2.90. The van der Waals surface area contributed by atoms with E-state index in [0.29, 0.717) is 33.5 Å². The first-order chi connectivity index (χ1) is 9.70. The molecule has 0 aliphatic heterocycles. The van der Waals surface area contributed by atoms with Crippen molar-refractivity contribution >= 4 is 16.9 Å². The minimum Gasteiger partial charge on any atom is -0.366 e. The number of imidazole rings is 1. The quantitative estimate of drug-likeness (QED) is 0.741. The van der Waals surface area contributed by atoms with Crippen molar-refractivity contribution in [2.75, 3.05) is 0 Å². The molecule has 0 fully saturated rings. The van der Waals surface area contributed by atoms with Crippen molar-refractivity contribution in [3.05, 3.63) is 53.6 Å². The lowest BCUT2D eigenvalue weighted by Crippen LogP contribution is -2.11. The predicted octanol–water partition coefficient (Wildman–Crippen LogP) is 2.20. The van der Waals surface area contributed by atoms with Crippen LogP contribution in [0.1, 0.15) is 15.9 Å². The SMILES string of the molecule is N#Cc1ccccc1-c1nc2cccc(C(N)=O)c2[nH]1. The van der Waals surface area contributed by atoms with Crippen LogP contribution in [0.15, 0.2) is 42.5 Å². The van der Waals surface area contributed by atoms with E-state index >= 15 is 0 Å². The van der Waals surface area contributed by atoms with E-state index in [4.69, 9.17) is 11.0 Å². The molecule has 0 saturated carbocycles. The summed E-state index contributed by atoms with van der Waals surface area (Å²) in [6.45, 7) is 0. The second kappa shape index (κ2) is 4.52. The van der Waals surface area contributed by atoms with Gasteiger partial charge in [-0.1, -0.05) is 18.2 Å². The largest absolute Gasteiger partial charge is 0.366 e. The molecule has 0 aliphatic carbocycles. The lowest BCUT2D eigenvalue weighted by atomic mass is 10.1. The number of para-hydroxylation sites is 1. The molecule has 96 valence electrons. The van der Waals surface area contributed by atoms with E-state index in [1.54, 1.807) is 36.4 Å². The maximum absolute atomic E-state index is 11.4. The number of nitrogens with one attached hydrogen (secondary N) is 1. The molecule has 0 saturated heterocycles. The summed E-state index contributed by atoms with van der Waals surface area (Å²) < 4.78 is 0. The van der Waals surface area contributed by atoms with E-state index in [1.165, 1.54) is 0 Å². The fraction of sp³-hybridized carbons (Fsp3) is 0. The highest BCUT2D eigenvalue weighted by molar-refractivity contribution is 6.04. The maximum atomic E-state index is 11.4. The third kappa shape index (κ3) is 1.80. The molecule has 0 spiro atoms. The normalized spacial score (nSPS) is 10.3. The van der Waals surface area contributed by atoms with E-state index in [9.17, 15) is 4.79 Å². The fourth-order valence-corrected chi connectivity index (χ4v) is 2.15. The number of carbonyl (C=O) groups excluding carboxylic acids is 1. The Labute approximate surface area is 114 Å². The molecule has 1 heterocycles. The molecule has 0 aliphatic rings. The number of amides is 1. The van der Waals surface area contributed by atoms with Gasteiger partial charge in [-0.2, -0.15) is 5.26 Å². The van der Waals surface area contributed by atoms with Gasteiger partial charge in [-0.25, -0.2) is 4.98 Å². The molecule has 3 rings (SSSR count). The number of nitrogens with zero attached hydrogens (tertiary/aromatic N) is 2. The summed E-state index contributed by atoms with van der Waals surface area (Å²) in [6.07, 6.45) is 0. The first-order valence-corrected chi connectivity index (χ1v) is 5.98. The average molecular weight is 262 g/mol. The molecular formula is C15H10N4O. The minimum absolute atomic E-state index is 0.385. The molecule has 3 aromatic rings. The number of rotatable bonds is 2. The molecular weight excluding hydrogens is 252 g/mol. The summed E-state index contributed by atoms with van der Waals surface area (Å²) in [5, 5.41) is 9.13. The lowest BCUT2D eigenvalue weighted by molar-refractivity contribution is 0.100. The molecule has 20 heavy (non-hydrogen) atoms. The number of aromatic nitrogens is 2. The van der Waals surface area contributed by atoms with E-state index < -0.39 is 5.91 Å². The van der Waals surface area contributed by atoms with Crippen LogP contribution in [0.2, 0.25) is 0 Å². The van der Waals surface area contributed by atoms with Crippen molar-refractivity contribution in [2.45, 2.75) is 0 Å². The van der Waals surface area contributed by atoms with Crippen molar-refractivity contribution in [2.24, 2.45) is 5.73 Å². The van der Waals surface area contributed by atoms with Crippen LogP contribution in [0.5, 0.6) is 0 Å². The highest BCUT2D eigenvalue weighted by atomic mass is 16.1. The summed E-state index contributed by atoms with van der Waals surface area (Å²) in [4.78, 5) is 18.9. The molecule has 5 nitrogen and oxygen atoms in total. The van der Waals surface area contributed by atoms with E-state index in [-0.39, 0.29) is 0 Å². The Bertz CT molecular complexity index is 858. The Morgan fingerprint density at radius 1 is 1.20 bits per heavy atom. The van der Waals surface area contributed by atoms with Crippen LogP contribution in [0.3, 0.4) is 0 Å². The number of carbonyl (C=O) groups is 1. The Balaban J connectivity index is 2.27. The van der Waals surface area contributed by atoms with Gasteiger partial charge in [0.15, 0.2) is 0 Å². The number of primary amides is 1. The number of hydrogen-bond donors (Lipinski definition) is 2. The Morgan fingerprint density at radius 2 is 2.00 bits per heavy atom. The highest BCUT2D eigenvalue weighted by Crippen LogP contribution is 2.25. The molecule has 3 N–H and O–H groups in total. The molecule has 1 amide bonds. The third-order valence-electron chi connectivity index (χ3n) is 3.09. The Hall–Kier alpha value is -3.13. The summed E-state index contributed by atoms with van der Waals surface area (Å²) in [5.74, 6) is 0.0326. The Morgan fingerprint density at radius 3 is 2.75 bits per heavy atom. The third-order valence-corrected chi connectivity index (χ3v) is 3.09. The van der Waals surface area contributed by atoms with Gasteiger partial charge in [0.1, 0.15) is 5.82 Å². The first-order valence-electron chi connectivity index (χ1n) is 5.98. The van der Waals surface area contributed by atoms with Crippen LogP contribution >= 0.6 is 0 Å². The molecule has 0 unspecified atom stereocenters. The van der Waals surface area contributed by atoms with Crippen molar-refractivity contribution in [3.63, 3.8) is 0 Å². The summed E-state index contributed by atoms with van der Waals surface area (Å²) in [7, 11) is 0. The molecule has 5 heteroatoms. The predicted molar refractivity (Wildman–Crippen MR) is 74.8 cm³/mol. The number of hydrogen-bond acceptors (Lipinski definition) is 3. The maximum Gasteiger partial charge on any atom is 0.250 e. The van der Waals surface area contributed by atoms with Crippen LogP contribution in [-0.4, -0.2) is 15.9 Å².